The summed E-state index contributed by atoms with van der Waals surface area (Å²) in [5.41, 5.74) is 3.27. The minimum absolute atomic E-state index is 0. The maximum absolute atomic E-state index is 13.6. The first-order chi connectivity index (χ1) is 15.5. The van der Waals surface area contributed by atoms with E-state index in [4.69, 9.17) is 0 Å². The number of rotatable bonds is 6. The molecule has 2 heterocycles. The van der Waals surface area contributed by atoms with E-state index >= 15 is 0 Å². The van der Waals surface area contributed by atoms with Crippen LogP contribution in [0.4, 0.5) is 20.2 Å². The summed E-state index contributed by atoms with van der Waals surface area (Å²) >= 11 is 0. The molecule has 2 N–H and O–H groups in total. The molecule has 33 heavy (non-hydrogen) atoms. The fourth-order valence-corrected chi connectivity index (χ4v) is 4.61. The molecule has 180 valence electrons. The fourth-order valence-electron chi connectivity index (χ4n) is 4.61. The first-order valence-electron chi connectivity index (χ1n) is 11.6. The first kappa shape index (κ1) is 25.5. The molecule has 2 unspecified atom stereocenters. The number of aliphatic imine (C=N–C) groups is 1. The predicted octanol–water partition coefficient (Wildman–Crippen LogP) is 4.94. The third-order valence-electron chi connectivity index (χ3n) is 6.53. The number of nitrogens with zero attached hydrogens (tertiary/aromatic N) is 3. The van der Waals surface area contributed by atoms with Crippen LogP contribution in [0.1, 0.15) is 37.8 Å². The Balaban J connectivity index is 0.00000306. The van der Waals surface area contributed by atoms with Crippen molar-refractivity contribution in [3.8, 4) is 0 Å². The summed E-state index contributed by atoms with van der Waals surface area (Å²) < 4.78 is 26.8. The van der Waals surface area contributed by atoms with Gasteiger partial charge in [0.25, 0.3) is 0 Å². The Morgan fingerprint density at radius 3 is 2.52 bits per heavy atom. The second kappa shape index (κ2) is 11.9. The van der Waals surface area contributed by atoms with E-state index < -0.39 is 11.6 Å². The molecule has 5 nitrogen and oxygen atoms in total. The smallest absolute Gasteiger partial charge is 0.191 e. The van der Waals surface area contributed by atoms with Crippen LogP contribution in [0.15, 0.2) is 47.5 Å². The van der Waals surface area contributed by atoms with Crippen LogP contribution in [-0.4, -0.2) is 45.7 Å². The van der Waals surface area contributed by atoms with Crippen molar-refractivity contribution in [1.82, 2.24) is 10.6 Å². The molecule has 0 aliphatic carbocycles. The zero-order chi connectivity index (χ0) is 22.5. The Morgan fingerprint density at radius 2 is 1.79 bits per heavy atom. The minimum Gasteiger partial charge on any atom is -0.372 e. The standard InChI is InChI=1S/C25H33F2N5.HI/c1-18(20-6-5-7-21(14-20)31-11-3-4-12-31)30-25(28-2)29-16-19-10-13-32(17-19)22-8-9-23(26)24(27)15-22;/h5-9,14-15,18-19H,3-4,10-13,16-17H2,1-2H3,(H2,28,29,30);1H. The minimum atomic E-state index is -0.805. The SMILES string of the molecule is CN=C(NCC1CCN(c2ccc(F)c(F)c2)C1)NC(C)c1cccc(N2CCCC2)c1.I. The lowest BCUT2D eigenvalue weighted by Gasteiger charge is -2.23. The van der Waals surface area contributed by atoms with Crippen molar-refractivity contribution in [3.63, 3.8) is 0 Å². The van der Waals surface area contributed by atoms with Crippen LogP contribution in [0.25, 0.3) is 0 Å². The van der Waals surface area contributed by atoms with Crippen molar-refractivity contribution in [2.24, 2.45) is 10.9 Å². The third kappa shape index (κ3) is 6.49. The molecular weight excluding hydrogens is 535 g/mol. The highest BCUT2D eigenvalue weighted by atomic mass is 127. The number of hydrogen-bond donors (Lipinski definition) is 2. The normalized spacial score (nSPS) is 19.4. The Bertz CT molecular complexity index is 948. The Labute approximate surface area is 212 Å². The lowest BCUT2D eigenvalue weighted by atomic mass is 10.1. The van der Waals surface area contributed by atoms with E-state index in [-0.39, 0.29) is 30.0 Å². The highest BCUT2D eigenvalue weighted by Crippen LogP contribution is 2.26. The highest BCUT2D eigenvalue weighted by Gasteiger charge is 2.24. The van der Waals surface area contributed by atoms with Gasteiger partial charge in [0.05, 0.1) is 6.04 Å². The summed E-state index contributed by atoms with van der Waals surface area (Å²) in [7, 11) is 1.78. The molecule has 0 spiro atoms. The van der Waals surface area contributed by atoms with Gasteiger partial charge in [0.2, 0.25) is 0 Å². The van der Waals surface area contributed by atoms with Crippen LogP contribution in [0.2, 0.25) is 0 Å². The van der Waals surface area contributed by atoms with Gasteiger partial charge in [-0.2, -0.15) is 0 Å². The molecule has 2 atom stereocenters. The van der Waals surface area contributed by atoms with Crippen molar-refractivity contribution >= 4 is 41.3 Å². The van der Waals surface area contributed by atoms with Gasteiger partial charge < -0.3 is 20.4 Å². The monoisotopic (exact) mass is 569 g/mol. The average molecular weight is 569 g/mol. The van der Waals surface area contributed by atoms with Crippen LogP contribution in [-0.2, 0) is 0 Å². The Hall–Kier alpha value is -2.10. The van der Waals surface area contributed by atoms with Crippen molar-refractivity contribution in [2.75, 3.05) is 49.6 Å². The summed E-state index contributed by atoms with van der Waals surface area (Å²) in [5.74, 6) is -0.414. The maximum atomic E-state index is 13.6. The van der Waals surface area contributed by atoms with Gasteiger partial charge in [0.1, 0.15) is 0 Å². The molecule has 0 saturated carbocycles. The van der Waals surface area contributed by atoms with Crippen LogP contribution < -0.4 is 20.4 Å². The zero-order valence-electron chi connectivity index (χ0n) is 19.4. The molecule has 2 aromatic rings. The van der Waals surface area contributed by atoms with Crippen molar-refractivity contribution in [3.05, 3.63) is 59.7 Å². The third-order valence-corrected chi connectivity index (χ3v) is 6.53. The molecule has 0 amide bonds. The van der Waals surface area contributed by atoms with Crippen molar-refractivity contribution in [1.29, 1.82) is 0 Å². The fraction of sp³-hybridized carbons (Fsp3) is 0.480. The molecule has 4 rings (SSSR count). The van der Waals surface area contributed by atoms with Crippen LogP contribution in [0, 0.1) is 17.6 Å². The van der Waals surface area contributed by atoms with Crippen molar-refractivity contribution in [2.45, 2.75) is 32.2 Å². The number of benzene rings is 2. The van der Waals surface area contributed by atoms with E-state index in [9.17, 15) is 8.78 Å². The van der Waals surface area contributed by atoms with Gasteiger partial charge in [-0.15, -0.1) is 24.0 Å². The molecule has 0 aromatic heterocycles. The van der Waals surface area contributed by atoms with Gasteiger partial charge in [0, 0.05) is 57.2 Å². The van der Waals surface area contributed by atoms with Gasteiger partial charge in [0.15, 0.2) is 17.6 Å². The average Bonchev–Trinajstić information content (AvgIpc) is 3.51. The number of anilines is 2. The summed E-state index contributed by atoms with van der Waals surface area (Å²) in [6.45, 7) is 6.84. The molecule has 2 aliphatic rings. The topological polar surface area (TPSA) is 42.9 Å². The zero-order valence-corrected chi connectivity index (χ0v) is 21.7. The van der Waals surface area contributed by atoms with E-state index in [1.807, 2.05) is 0 Å². The maximum Gasteiger partial charge on any atom is 0.191 e. The molecule has 2 saturated heterocycles. The Kier molecular flexibility index (Phi) is 9.17. The predicted molar refractivity (Wildman–Crippen MR) is 143 cm³/mol. The van der Waals surface area contributed by atoms with Gasteiger partial charge in [-0.3, -0.25) is 4.99 Å². The van der Waals surface area contributed by atoms with E-state index in [1.54, 1.807) is 13.1 Å². The van der Waals surface area contributed by atoms with Gasteiger partial charge in [-0.05, 0) is 61.9 Å². The van der Waals surface area contributed by atoms with Crippen LogP contribution in [0.3, 0.4) is 0 Å². The number of halogens is 3. The van der Waals surface area contributed by atoms with E-state index in [1.165, 1.54) is 36.2 Å². The highest BCUT2D eigenvalue weighted by molar-refractivity contribution is 14.0. The molecule has 2 fully saturated rings. The van der Waals surface area contributed by atoms with Crippen LogP contribution >= 0.6 is 24.0 Å². The molecule has 2 aromatic carbocycles. The quantitative estimate of drug-likeness (QED) is 0.294. The molecular formula is C25H34F2IN5. The lowest BCUT2D eigenvalue weighted by Crippen LogP contribution is -2.41. The van der Waals surface area contributed by atoms with Gasteiger partial charge in [-0.25, -0.2) is 8.78 Å². The van der Waals surface area contributed by atoms with E-state index in [0.717, 1.165) is 50.8 Å². The van der Waals surface area contributed by atoms with Crippen LogP contribution in [0.5, 0.6) is 0 Å². The molecule has 0 radical (unpaired) electrons. The number of guanidine groups is 1. The van der Waals surface area contributed by atoms with Gasteiger partial charge >= 0.3 is 0 Å². The molecule has 2 aliphatic heterocycles. The summed E-state index contributed by atoms with van der Waals surface area (Å²) in [5, 5.41) is 6.94. The Morgan fingerprint density at radius 1 is 1.03 bits per heavy atom. The largest absolute Gasteiger partial charge is 0.372 e. The van der Waals surface area contributed by atoms with E-state index in [2.05, 4.69) is 56.6 Å². The first-order valence-corrected chi connectivity index (χ1v) is 11.6. The summed E-state index contributed by atoms with van der Waals surface area (Å²) in [6.07, 6.45) is 3.53. The van der Waals surface area contributed by atoms with Crippen molar-refractivity contribution < 1.29 is 8.78 Å². The second-order valence-corrected chi connectivity index (χ2v) is 8.81. The van der Waals surface area contributed by atoms with E-state index in [0.29, 0.717) is 5.92 Å². The summed E-state index contributed by atoms with van der Waals surface area (Å²) in [6, 6.07) is 13.0. The second-order valence-electron chi connectivity index (χ2n) is 8.81. The number of hydrogen-bond acceptors (Lipinski definition) is 3. The number of nitrogens with one attached hydrogen (secondary N) is 2. The lowest BCUT2D eigenvalue weighted by molar-refractivity contribution is 0.508. The molecule has 0 bridgehead atoms. The molecule has 8 heteroatoms. The summed E-state index contributed by atoms with van der Waals surface area (Å²) in [4.78, 5) is 8.95. The van der Waals surface area contributed by atoms with Gasteiger partial charge in [-0.1, -0.05) is 12.1 Å².